The highest BCUT2D eigenvalue weighted by Gasteiger charge is 2.14. The van der Waals surface area contributed by atoms with Crippen molar-refractivity contribution < 1.29 is 8.83 Å². The molecule has 4 aromatic rings. The van der Waals surface area contributed by atoms with E-state index in [0.29, 0.717) is 23.4 Å². The molecule has 0 fully saturated rings. The van der Waals surface area contributed by atoms with Crippen LogP contribution in [0, 0.1) is 6.92 Å². The summed E-state index contributed by atoms with van der Waals surface area (Å²) in [5.74, 6) is 4.00. The van der Waals surface area contributed by atoms with Crippen LogP contribution in [0.2, 0.25) is 0 Å². The van der Waals surface area contributed by atoms with Gasteiger partial charge in [0.15, 0.2) is 0 Å². The van der Waals surface area contributed by atoms with Crippen molar-refractivity contribution >= 4 is 39.0 Å². The normalized spacial score (nSPS) is 11.2. The number of nitrogens with zero attached hydrogens (tertiary/aromatic N) is 3. The molecule has 5 nitrogen and oxygen atoms in total. The van der Waals surface area contributed by atoms with E-state index in [1.807, 2.05) is 48.7 Å². The van der Waals surface area contributed by atoms with E-state index in [9.17, 15) is 0 Å². The average molecular weight is 448 g/mol. The quantitative estimate of drug-likeness (QED) is 0.363. The second-order valence-corrected chi connectivity index (χ2v) is 8.26. The minimum absolute atomic E-state index is 0.519. The number of halogens is 1. The van der Waals surface area contributed by atoms with Crippen molar-refractivity contribution in [3.63, 3.8) is 0 Å². The molecule has 3 heterocycles. The third-order valence-corrected chi connectivity index (χ3v) is 6.14. The molecule has 3 aromatic heterocycles. The topological polar surface area (TPSA) is 65.0 Å². The minimum Gasteiger partial charge on any atom is -0.440 e. The van der Waals surface area contributed by atoms with Crippen LogP contribution < -0.4 is 0 Å². The lowest BCUT2D eigenvalue weighted by Gasteiger charge is -1.98. The molecule has 0 radical (unpaired) electrons. The zero-order valence-electron chi connectivity index (χ0n) is 13.8. The predicted octanol–water partition coefficient (Wildman–Crippen LogP) is 5.96. The van der Waals surface area contributed by atoms with Crippen molar-refractivity contribution in [1.82, 2.24) is 15.2 Å². The summed E-state index contributed by atoms with van der Waals surface area (Å²) in [5, 5.41) is 10.3. The molecule has 0 aliphatic rings. The van der Waals surface area contributed by atoms with Gasteiger partial charge in [-0.3, -0.25) is 0 Å². The summed E-state index contributed by atoms with van der Waals surface area (Å²) in [5.41, 5.74) is 1.84. The van der Waals surface area contributed by atoms with Gasteiger partial charge in [0, 0.05) is 10.2 Å². The largest absolute Gasteiger partial charge is 0.440 e. The highest BCUT2D eigenvalue weighted by atomic mass is 79.9. The molecule has 0 aliphatic carbocycles. The molecular formula is C18H14BrN3O2S2. The van der Waals surface area contributed by atoms with Gasteiger partial charge in [0.05, 0.1) is 21.9 Å². The highest BCUT2D eigenvalue weighted by Crippen LogP contribution is 2.29. The van der Waals surface area contributed by atoms with E-state index in [2.05, 4.69) is 31.1 Å². The van der Waals surface area contributed by atoms with Crippen molar-refractivity contribution in [3.8, 4) is 22.2 Å². The second kappa shape index (κ2) is 7.77. The van der Waals surface area contributed by atoms with Crippen molar-refractivity contribution in [3.05, 3.63) is 63.6 Å². The van der Waals surface area contributed by atoms with E-state index in [1.165, 1.54) is 0 Å². The molecule has 26 heavy (non-hydrogen) atoms. The molecule has 0 aliphatic heterocycles. The Morgan fingerprint density at radius 1 is 1.04 bits per heavy atom. The van der Waals surface area contributed by atoms with Crippen LogP contribution in [0.25, 0.3) is 22.2 Å². The summed E-state index contributed by atoms with van der Waals surface area (Å²) >= 11 is 6.79. The van der Waals surface area contributed by atoms with Gasteiger partial charge in [-0.05, 0) is 46.4 Å². The first-order valence-electron chi connectivity index (χ1n) is 7.86. The molecule has 4 rings (SSSR count). The Morgan fingerprint density at radius 2 is 1.92 bits per heavy atom. The Morgan fingerprint density at radius 3 is 2.73 bits per heavy atom. The SMILES string of the molecule is Cc1oc(-c2cccs2)nc1CSCc1nnc(-c2ccccc2Br)o1. The monoisotopic (exact) mass is 447 g/mol. The molecule has 1 aromatic carbocycles. The van der Waals surface area contributed by atoms with Crippen LogP contribution in [-0.4, -0.2) is 15.2 Å². The molecule has 132 valence electrons. The van der Waals surface area contributed by atoms with Crippen LogP contribution in [-0.2, 0) is 11.5 Å². The molecule has 0 spiro atoms. The van der Waals surface area contributed by atoms with Gasteiger partial charge in [0.25, 0.3) is 0 Å². The fourth-order valence-corrected chi connectivity index (χ4v) is 4.32. The standard InChI is InChI=1S/C18H14BrN3O2S2/c1-11-14(20-18(23-11)15-7-4-8-26-15)9-25-10-16-21-22-17(24-16)12-5-2-3-6-13(12)19/h2-8H,9-10H2,1H3. The number of hydrogen-bond acceptors (Lipinski definition) is 7. The Labute approximate surface area is 167 Å². The number of rotatable bonds is 6. The molecular weight excluding hydrogens is 434 g/mol. The lowest BCUT2D eigenvalue weighted by Crippen LogP contribution is -1.86. The first-order valence-corrected chi connectivity index (χ1v) is 10.7. The third-order valence-electron chi connectivity index (χ3n) is 3.66. The van der Waals surface area contributed by atoms with Crippen molar-refractivity contribution in [2.45, 2.75) is 18.4 Å². The van der Waals surface area contributed by atoms with Crippen LogP contribution in [0.5, 0.6) is 0 Å². The number of aromatic nitrogens is 3. The Hall–Kier alpha value is -1.90. The lowest BCUT2D eigenvalue weighted by atomic mass is 10.2. The van der Waals surface area contributed by atoms with Crippen LogP contribution in [0.1, 0.15) is 17.3 Å². The zero-order valence-corrected chi connectivity index (χ0v) is 17.0. The molecule has 0 saturated carbocycles. The lowest BCUT2D eigenvalue weighted by molar-refractivity contribution is 0.528. The summed E-state index contributed by atoms with van der Waals surface area (Å²) in [4.78, 5) is 5.64. The van der Waals surface area contributed by atoms with Crippen LogP contribution in [0.15, 0.2) is 55.1 Å². The summed E-state index contributed by atoms with van der Waals surface area (Å²) in [6, 6.07) is 11.8. The Kier molecular flexibility index (Phi) is 5.23. The third kappa shape index (κ3) is 3.77. The fraction of sp³-hybridized carbons (Fsp3) is 0.167. The maximum atomic E-state index is 5.77. The van der Waals surface area contributed by atoms with Gasteiger partial charge in [0.1, 0.15) is 5.76 Å². The van der Waals surface area contributed by atoms with Crippen molar-refractivity contribution in [2.75, 3.05) is 0 Å². The molecule has 0 saturated heterocycles. The summed E-state index contributed by atoms with van der Waals surface area (Å²) in [7, 11) is 0. The van der Waals surface area contributed by atoms with E-state index in [1.54, 1.807) is 23.1 Å². The van der Waals surface area contributed by atoms with E-state index < -0.39 is 0 Å². The van der Waals surface area contributed by atoms with Gasteiger partial charge in [-0.15, -0.1) is 33.3 Å². The number of oxazole rings is 1. The summed E-state index contributed by atoms with van der Waals surface area (Å²) in [6.07, 6.45) is 0. The molecule has 0 amide bonds. The van der Waals surface area contributed by atoms with Crippen LogP contribution in [0.4, 0.5) is 0 Å². The van der Waals surface area contributed by atoms with E-state index in [-0.39, 0.29) is 0 Å². The minimum atomic E-state index is 0.519. The van der Waals surface area contributed by atoms with Gasteiger partial charge in [-0.2, -0.15) is 0 Å². The number of hydrogen-bond donors (Lipinski definition) is 0. The maximum absolute atomic E-state index is 5.77. The predicted molar refractivity (Wildman–Crippen MR) is 107 cm³/mol. The molecule has 0 atom stereocenters. The zero-order chi connectivity index (χ0) is 17.9. The highest BCUT2D eigenvalue weighted by molar-refractivity contribution is 9.10. The smallest absolute Gasteiger partial charge is 0.248 e. The van der Waals surface area contributed by atoms with E-state index >= 15 is 0 Å². The van der Waals surface area contributed by atoms with Gasteiger partial charge >= 0.3 is 0 Å². The molecule has 0 bridgehead atoms. The molecule has 0 unspecified atom stereocenters. The Bertz CT molecular complexity index is 1010. The second-order valence-electron chi connectivity index (χ2n) is 5.47. The number of thiophene rings is 1. The summed E-state index contributed by atoms with van der Waals surface area (Å²) in [6.45, 7) is 1.94. The van der Waals surface area contributed by atoms with Gasteiger partial charge in [-0.1, -0.05) is 18.2 Å². The maximum Gasteiger partial charge on any atom is 0.248 e. The number of benzene rings is 1. The van der Waals surface area contributed by atoms with E-state index in [4.69, 9.17) is 8.83 Å². The fourth-order valence-electron chi connectivity index (χ4n) is 2.36. The molecule has 8 heteroatoms. The van der Waals surface area contributed by atoms with Crippen molar-refractivity contribution in [1.29, 1.82) is 0 Å². The summed E-state index contributed by atoms with van der Waals surface area (Å²) < 4.78 is 12.5. The molecule has 0 N–H and O–H groups in total. The van der Waals surface area contributed by atoms with Crippen LogP contribution in [0.3, 0.4) is 0 Å². The van der Waals surface area contributed by atoms with E-state index in [0.717, 1.165) is 32.1 Å². The Balaban J connectivity index is 1.39. The average Bonchev–Trinajstić information content (AvgIpc) is 3.37. The number of aryl methyl sites for hydroxylation is 1. The first kappa shape index (κ1) is 17.5. The number of thioether (sulfide) groups is 1. The van der Waals surface area contributed by atoms with Gasteiger partial charge < -0.3 is 8.83 Å². The van der Waals surface area contributed by atoms with Crippen LogP contribution >= 0.6 is 39.0 Å². The van der Waals surface area contributed by atoms with Gasteiger partial charge in [-0.25, -0.2) is 4.98 Å². The van der Waals surface area contributed by atoms with Crippen molar-refractivity contribution in [2.24, 2.45) is 0 Å². The first-order chi connectivity index (χ1) is 12.7. The van der Waals surface area contributed by atoms with Gasteiger partial charge in [0.2, 0.25) is 17.7 Å².